The van der Waals surface area contributed by atoms with E-state index in [9.17, 15) is 28.8 Å². The Kier molecular flexibility index (Phi) is 12.1. The smallest absolute Gasteiger partial charge is 0.262 e. The SMILES string of the molecule is Nc1ncnc2c1c(-c1ccc(Oc3ccccc3)cc1)nn2C1CCN(C(=O)CN2CCN(CCOCC(=O)Nc3ccc4c(c3)C(=O)N(C3CCC(=O)NC3=O)C4=O)CC2)CC1. The number of amides is 6. The summed E-state index contributed by atoms with van der Waals surface area (Å²) in [6, 6.07) is 20.6. The Morgan fingerprint density at radius 1 is 0.812 bits per heavy atom. The number of rotatable bonds is 13. The second-order valence-corrected chi connectivity index (χ2v) is 16.2. The molecule has 19 nitrogen and oxygen atoms in total. The van der Waals surface area contributed by atoms with Gasteiger partial charge in [0.1, 0.15) is 42.0 Å². The van der Waals surface area contributed by atoms with Crippen LogP contribution in [0.1, 0.15) is 52.4 Å². The van der Waals surface area contributed by atoms with Crippen LogP contribution in [0.15, 0.2) is 79.1 Å². The van der Waals surface area contributed by atoms with Crippen LogP contribution in [0.3, 0.4) is 0 Å². The van der Waals surface area contributed by atoms with Crippen molar-refractivity contribution >= 4 is 58.0 Å². The number of imide groups is 2. The van der Waals surface area contributed by atoms with E-state index in [1.54, 1.807) is 0 Å². The normalized spacial score (nSPS) is 18.7. The van der Waals surface area contributed by atoms with Gasteiger partial charge in [-0.25, -0.2) is 14.6 Å². The summed E-state index contributed by atoms with van der Waals surface area (Å²) in [5, 5.41) is 10.6. The van der Waals surface area contributed by atoms with E-state index >= 15 is 0 Å². The number of nitrogen functional groups attached to an aromatic ring is 1. The van der Waals surface area contributed by atoms with Gasteiger partial charge >= 0.3 is 0 Å². The van der Waals surface area contributed by atoms with Crippen LogP contribution in [-0.4, -0.2) is 146 Å². The van der Waals surface area contributed by atoms with Gasteiger partial charge in [0.05, 0.1) is 35.7 Å². The van der Waals surface area contributed by atoms with Crippen molar-refractivity contribution in [2.45, 2.75) is 37.8 Å². The Hall–Kier alpha value is -7.09. The van der Waals surface area contributed by atoms with E-state index in [-0.39, 0.29) is 42.5 Å². The number of carbonyl (C=O) groups excluding carboxylic acids is 6. The van der Waals surface area contributed by atoms with Crippen LogP contribution >= 0.6 is 0 Å². The number of nitrogens with two attached hydrogens (primary N) is 1. The summed E-state index contributed by atoms with van der Waals surface area (Å²) in [6.07, 6.45) is 2.98. The molecule has 1 unspecified atom stereocenters. The second kappa shape index (κ2) is 18.3. The highest BCUT2D eigenvalue weighted by molar-refractivity contribution is 6.24. The van der Waals surface area contributed by atoms with Crippen LogP contribution in [-0.2, 0) is 23.9 Å². The number of anilines is 2. The van der Waals surface area contributed by atoms with Crippen molar-refractivity contribution in [2.75, 3.05) is 76.6 Å². The van der Waals surface area contributed by atoms with Crippen LogP contribution in [0.5, 0.6) is 11.5 Å². The van der Waals surface area contributed by atoms with Gasteiger partial charge in [0.25, 0.3) is 11.8 Å². The summed E-state index contributed by atoms with van der Waals surface area (Å²) in [7, 11) is 0. The Balaban J connectivity index is 0.697. The average molecular weight is 870 g/mol. The Bertz CT molecular complexity index is 2600. The highest BCUT2D eigenvalue weighted by atomic mass is 16.5. The van der Waals surface area contributed by atoms with Crippen LogP contribution < -0.4 is 21.1 Å². The molecule has 3 aromatic carbocycles. The third kappa shape index (κ3) is 8.90. The third-order valence-electron chi connectivity index (χ3n) is 12.1. The van der Waals surface area contributed by atoms with Gasteiger partial charge in [0.2, 0.25) is 23.6 Å². The molecule has 0 aliphatic carbocycles. The van der Waals surface area contributed by atoms with Crippen molar-refractivity contribution in [3.63, 3.8) is 0 Å². The first-order valence-corrected chi connectivity index (χ1v) is 21.4. The van der Waals surface area contributed by atoms with Crippen molar-refractivity contribution in [1.29, 1.82) is 0 Å². The molecule has 6 heterocycles. The van der Waals surface area contributed by atoms with Gasteiger partial charge in [0, 0.05) is 63.5 Å². The second-order valence-electron chi connectivity index (χ2n) is 16.2. The fourth-order valence-electron chi connectivity index (χ4n) is 8.68. The van der Waals surface area contributed by atoms with E-state index in [4.69, 9.17) is 20.3 Å². The molecule has 3 fully saturated rings. The molecule has 330 valence electrons. The number of likely N-dealkylation sites (tertiary alicyclic amines) is 1. The standard InChI is InChI=1S/C45H47N11O8/c46-41-39-40(28-6-9-32(10-7-28)64-31-4-2-1-3-5-31)51-56(42(39)48-27-47-41)30-14-16-54(17-15-30)38(59)25-53-20-18-52(19-21-53)22-23-63-26-37(58)49-29-8-11-33-34(24-29)45(62)55(44(33)61)35-12-13-36(57)50-43(35)60/h1-11,24,27,30,35H,12-23,25-26H2,(H,49,58)(H2,46,47,48)(H,50,57,60). The lowest BCUT2D eigenvalue weighted by atomic mass is 10.0. The summed E-state index contributed by atoms with van der Waals surface area (Å²) in [5.41, 5.74) is 9.13. The molecule has 5 aromatic rings. The molecule has 4 aliphatic heterocycles. The predicted molar refractivity (Wildman–Crippen MR) is 232 cm³/mol. The minimum absolute atomic E-state index is 0.0249. The minimum atomic E-state index is -1.07. The maximum Gasteiger partial charge on any atom is 0.262 e. The molecular formula is C45H47N11O8. The van der Waals surface area contributed by atoms with Gasteiger partial charge in [-0.2, -0.15) is 5.10 Å². The highest BCUT2D eigenvalue weighted by Gasteiger charge is 2.44. The van der Waals surface area contributed by atoms with Gasteiger partial charge < -0.3 is 25.4 Å². The topological polar surface area (TPSA) is 228 Å². The lowest BCUT2D eigenvalue weighted by molar-refractivity contribution is -0.136. The lowest BCUT2D eigenvalue weighted by Crippen LogP contribution is -2.54. The van der Waals surface area contributed by atoms with E-state index in [1.165, 1.54) is 24.5 Å². The number of aromatic nitrogens is 4. The molecule has 0 bridgehead atoms. The number of carbonyl (C=O) groups is 6. The molecule has 9 rings (SSSR count). The van der Waals surface area contributed by atoms with Gasteiger partial charge in [-0.3, -0.25) is 48.8 Å². The van der Waals surface area contributed by atoms with Crippen LogP contribution in [0.4, 0.5) is 11.5 Å². The monoisotopic (exact) mass is 869 g/mol. The highest BCUT2D eigenvalue weighted by Crippen LogP contribution is 2.35. The zero-order chi connectivity index (χ0) is 44.3. The van der Waals surface area contributed by atoms with Gasteiger partial charge in [-0.1, -0.05) is 18.2 Å². The number of ether oxygens (including phenoxy) is 2. The Morgan fingerprint density at radius 2 is 1.53 bits per heavy atom. The number of piperazine rings is 1. The maximum atomic E-state index is 13.5. The summed E-state index contributed by atoms with van der Waals surface area (Å²) in [4.78, 5) is 92.2. The maximum absolute atomic E-state index is 13.5. The molecule has 2 aromatic heterocycles. The van der Waals surface area contributed by atoms with Crippen LogP contribution in [0.25, 0.3) is 22.3 Å². The Labute approximate surface area is 367 Å². The van der Waals surface area contributed by atoms with E-state index in [0.717, 1.165) is 55.2 Å². The van der Waals surface area contributed by atoms with Gasteiger partial charge in [-0.05, 0) is 73.9 Å². The molecule has 4 aliphatic rings. The number of piperidine rings is 2. The fraction of sp³-hybridized carbons (Fsp3) is 0.356. The zero-order valence-electron chi connectivity index (χ0n) is 35.0. The molecule has 4 N–H and O–H groups in total. The van der Waals surface area contributed by atoms with Crippen LogP contribution in [0.2, 0.25) is 0 Å². The van der Waals surface area contributed by atoms with Crippen LogP contribution in [0, 0.1) is 0 Å². The third-order valence-corrected chi connectivity index (χ3v) is 12.1. The molecular weight excluding hydrogens is 823 g/mol. The number of hydrogen-bond donors (Lipinski definition) is 3. The van der Waals surface area contributed by atoms with Crippen molar-refractivity contribution in [1.82, 2.24) is 44.7 Å². The number of benzene rings is 3. The van der Waals surface area contributed by atoms with E-state index in [2.05, 4.69) is 30.4 Å². The number of fused-ring (bicyclic) bond motifs is 2. The van der Waals surface area contributed by atoms with E-state index in [0.29, 0.717) is 66.8 Å². The Morgan fingerprint density at radius 3 is 2.28 bits per heavy atom. The molecule has 1 atom stereocenters. The van der Waals surface area contributed by atoms with Crippen molar-refractivity contribution in [3.8, 4) is 22.8 Å². The largest absolute Gasteiger partial charge is 0.457 e. The number of hydrogen-bond acceptors (Lipinski definition) is 14. The predicted octanol–water partition coefficient (Wildman–Crippen LogP) is 2.71. The molecule has 0 spiro atoms. The summed E-state index contributed by atoms with van der Waals surface area (Å²) in [5.74, 6) is -0.929. The lowest BCUT2D eigenvalue weighted by Gasteiger charge is -2.37. The zero-order valence-corrected chi connectivity index (χ0v) is 35.0. The first-order valence-electron chi connectivity index (χ1n) is 21.4. The summed E-state index contributed by atoms with van der Waals surface area (Å²) < 4.78 is 13.6. The fourth-order valence-corrected chi connectivity index (χ4v) is 8.68. The van der Waals surface area contributed by atoms with E-state index < -0.39 is 35.6 Å². The average Bonchev–Trinajstić information content (AvgIpc) is 3.81. The molecule has 6 amide bonds. The molecule has 19 heteroatoms. The van der Waals surface area contributed by atoms with Crippen molar-refractivity contribution < 1.29 is 38.2 Å². The molecule has 0 saturated carbocycles. The number of nitrogens with one attached hydrogen (secondary N) is 2. The van der Waals surface area contributed by atoms with Crippen molar-refractivity contribution in [2.24, 2.45) is 0 Å². The van der Waals surface area contributed by atoms with Gasteiger partial charge in [-0.15, -0.1) is 0 Å². The molecule has 0 radical (unpaired) electrons. The molecule has 64 heavy (non-hydrogen) atoms. The van der Waals surface area contributed by atoms with Gasteiger partial charge in [0.15, 0.2) is 5.65 Å². The first kappa shape index (κ1) is 42.2. The van der Waals surface area contributed by atoms with E-state index in [1.807, 2.05) is 64.2 Å². The first-order chi connectivity index (χ1) is 31.1. The van der Waals surface area contributed by atoms with Crippen molar-refractivity contribution in [3.05, 3.63) is 90.3 Å². The quantitative estimate of drug-likeness (QED) is 0.114. The summed E-state index contributed by atoms with van der Waals surface area (Å²) >= 11 is 0. The summed E-state index contributed by atoms with van der Waals surface area (Å²) in [6.45, 7) is 5.23. The number of para-hydroxylation sites is 1. The molecule has 3 saturated heterocycles. The number of nitrogens with zero attached hydrogens (tertiary/aromatic N) is 8. The minimum Gasteiger partial charge on any atom is -0.457 e.